The average Bonchev–Trinajstić information content (AvgIpc) is 3.23. The molecule has 1 N–H and O–H groups in total. The molecule has 0 unspecified atom stereocenters. The molecule has 134 valence electrons. The van der Waals surface area contributed by atoms with Crippen LogP contribution in [0.25, 0.3) is 0 Å². The number of amides is 2. The monoisotopic (exact) mass is 343 g/mol. The van der Waals surface area contributed by atoms with E-state index in [1.54, 1.807) is 6.20 Å². The number of pyridine rings is 1. The van der Waals surface area contributed by atoms with Gasteiger partial charge in [-0.05, 0) is 42.9 Å². The van der Waals surface area contributed by atoms with Gasteiger partial charge in [0.05, 0.1) is 12.8 Å². The number of rotatable bonds is 6. The van der Waals surface area contributed by atoms with E-state index in [9.17, 15) is 4.79 Å². The van der Waals surface area contributed by atoms with Gasteiger partial charge in [-0.2, -0.15) is 5.10 Å². The van der Waals surface area contributed by atoms with E-state index in [-0.39, 0.29) is 6.03 Å². The van der Waals surface area contributed by atoms with Crippen LogP contribution in [0.2, 0.25) is 0 Å². The summed E-state index contributed by atoms with van der Waals surface area (Å²) in [6, 6.07) is 3.74. The third-order valence-corrected chi connectivity index (χ3v) is 4.39. The molecule has 2 amide bonds. The second-order valence-corrected chi connectivity index (χ2v) is 6.42. The summed E-state index contributed by atoms with van der Waals surface area (Å²) in [5.41, 5.74) is 2.22. The van der Waals surface area contributed by atoms with Crippen LogP contribution in [0.3, 0.4) is 0 Å². The summed E-state index contributed by atoms with van der Waals surface area (Å²) < 4.78 is 7.20. The predicted octanol–water partition coefficient (Wildman–Crippen LogP) is 1.99. The summed E-state index contributed by atoms with van der Waals surface area (Å²) in [7, 11) is 1.92. The first-order valence-corrected chi connectivity index (χ1v) is 8.72. The largest absolute Gasteiger partial charge is 0.478 e. The molecule has 2 aromatic heterocycles. The molecule has 2 aromatic rings. The molecule has 7 nitrogen and oxygen atoms in total. The van der Waals surface area contributed by atoms with Gasteiger partial charge in [-0.15, -0.1) is 0 Å². The van der Waals surface area contributed by atoms with Crippen LogP contribution in [0.5, 0.6) is 5.88 Å². The maximum atomic E-state index is 12.4. The number of hydrogen-bond donors (Lipinski definition) is 1. The van der Waals surface area contributed by atoms with Crippen molar-refractivity contribution >= 4 is 6.03 Å². The summed E-state index contributed by atoms with van der Waals surface area (Å²) in [4.78, 5) is 18.4. The Bertz CT molecular complexity index is 715. The summed E-state index contributed by atoms with van der Waals surface area (Å²) in [6.07, 6.45) is 7.66. The van der Waals surface area contributed by atoms with E-state index in [2.05, 4.69) is 15.4 Å². The fourth-order valence-electron chi connectivity index (χ4n) is 3.17. The summed E-state index contributed by atoms with van der Waals surface area (Å²) in [5.74, 6) is 1.09. The number of aromatic nitrogens is 3. The molecule has 0 aliphatic carbocycles. The first-order chi connectivity index (χ1) is 12.1. The van der Waals surface area contributed by atoms with Crippen LogP contribution in [-0.4, -0.2) is 45.4 Å². The first kappa shape index (κ1) is 17.3. The SMILES string of the molecule is CCOc1cc(CNC(=O)N2CC[C@@H](Cc3cnn(C)c3)C2)ccn1. The zero-order chi connectivity index (χ0) is 17.6. The zero-order valence-electron chi connectivity index (χ0n) is 14.8. The van der Waals surface area contributed by atoms with Gasteiger partial charge >= 0.3 is 6.03 Å². The highest BCUT2D eigenvalue weighted by Crippen LogP contribution is 2.20. The van der Waals surface area contributed by atoms with Crippen molar-refractivity contribution in [1.29, 1.82) is 0 Å². The van der Waals surface area contributed by atoms with Crippen molar-refractivity contribution in [1.82, 2.24) is 25.0 Å². The van der Waals surface area contributed by atoms with Crippen LogP contribution in [0.15, 0.2) is 30.7 Å². The van der Waals surface area contributed by atoms with Crippen LogP contribution in [-0.2, 0) is 20.0 Å². The Morgan fingerprint density at radius 1 is 1.44 bits per heavy atom. The van der Waals surface area contributed by atoms with Gasteiger partial charge in [0.25, 0.3) is 0 Å². The lowest BCUT2D eigenvalue weighted by Gasteiger charge is -2.17. The van der Waals surface area contributed by atoms with Crippen molar-refractivity contribution < 1.29 is 9.53 Å². The molecule has 3 heterocycles. The van der Waals surface area contributed by atoms with Crippen LogP contribution in [0.1, 0.15) is 24.5 Å². The van der Waals surface area contributed by atoms with E-state index in [1.165, 1.54) is 5.56 Å². The molecule has 1 aliphatic heterocycles. The highest BCUT2D eigenvalue weighted by Gasteiger charge is 2.26. The lowest BCUT2D eigenvalue weighted by Crippen LogP contribution is -2.38. The fraction of sp³-hybridized carbons (Fsp3) is 0.500. The molecule has 0 aromatic carbocycles. The van der Waals surface area contributed by atoms with Gasteiger partial charge in [0, 0.05) is 45.1 Å². The van der Waals surface area contributed by atoms with Crippen molar-refractivity contribution in [3.05, 3.63) is 41.9 Å². The van der Waals surface area contributed by atoms with Crippen molar-refractivity contribution in [3.8, 4) is 5.88 Å². The molecule has 0 radical (unpaired) electrons. The standard InChI is InChI=1S/C18H25N5O2/c1-3-25-17-9-14(4-6-19-17)10-20-18(24)23-7-5-15(13-23)8-16-11-21-22(2)12-16/h4,6,9,11-12,15H,3,5,7-8,10,13H2,1-2H3,(H,20,24)/t15-/m0/s1. The maximum absolute atomic E-state index is 12.4. The highest BCUT2D eigenvalue weighted by molar-refractivity contribution is 5.74. The van der Waals surface area contributed by atoms with E-state index in [0.717, 1.165) is 31.5 Å². The summed E-state index contributed by atoms with van der Waals surface area (Å²) >= 11 is 0. The molecular weight excluding hydrogens is 318 g/mol. The van der Waals surface area contributed by atoms with E-state index in [0.29, 0.717) is 24.9 Å². The van der Waals surface area contributed by atoms with Crippen molar-refractivity contribution in [3.63, 3.8) is 0 Å². The third kappa shape index (κ3) is 4.71. The van der Waals surface area contributed by atoms with Gasteiger partial charge in [0.15, 0.2) is 0 Å². The molecule has 1 aliphatic rings. The van der Waals surface area contributed by atoms with Gasteiger partial charge in [-0.3, -0.25) is 4.68 Å². The van der Waals surface area contributed by atoms with Crippen LogP contribution >= 0.6 is 0 Å². The van der Waals surface area contributed by atoms with Gasteiger partial charge in [0.1, 0.15) is 0 Å². The molecular formula is C18H25N5O2. The van der Waals surface area contributed by atoms with Gasteiger partial charge < -0.3 is 15.0 Å². The zero-order valence-corrected chi connectivity index (χ0v) is 14.8. The normalized spacial score (nSPS) is 16.9. The molecule has 1 fully saturated rings. The molecule has 1 atom stereocenters. The number of nitrogens with one attached hydrogen (secondary N) is 1. The summed E-state index contributed by atoms with van der Waals surface area (Å²) in [6.45, 7) is 4.57. The van der Waals surface area contributed by atoms with E-state index in [4.69, 9.17) is 4.74 Å². The number of likely N-dealkylation sites (tertiary alicyclic amines) is 1. The van der Waals surface area contributed by atoms with Gasteiger partial charge in [0.2, 0.25) is 5.88 Å². The van der Waals surface area contributed by atoms with Crippen LogP contribution in [0.4, 0.5) is 4.79 Å². The van der Waals surface area contributed by atoms with E-state index >= 15 is 0 Å². The topological polar surface area (TPSA) is 72.3 Å². The number of carbonyl (C=O) groups excluding carboxylic acids is 1. The summed E-state index contributed by atoms with van der Waals surface area (Å²) in [5, 5.41) is 7.19. The average molecular weight is 343 g/mol. The van der Waals surface area contributed by atoms with E-state index < -0.39 is 0 Å². The number of aryl methyl sites for hydroxylation is 1. The number of carbonyl (C=O) groups is 1. The minimum atomic E-state index is -0.0107. The number of ether oxygens (including phenoxy) is 1. The molecule has 3 rings (SSSR count). The van der Waals surface area contributed by atoms with E-state index in [1.807, 2.05) is 48.1 Å². The van der Waals surface area contributed by atoms with Gasteiger partial charge in [-0.25, -0.2) is 9.78 Å². The maximum Gasteiger partial charge on any atom is 0.317 e. The molecule has 25 heavy (non-hydrogen) atoms. The lowest BCUT2D eigenvalue weighted by molar-refractivity contribution is 0.206. The van der Waals surface area contributed by atoms with Crippen molar-refractivity contribution in [2.75, 3.05) is 19.7 Å². The van der Waals surface area contributed by atoms with Crippen LogP contribution < -0.4 is 10.1 Å². The predicted molar refractivity (Wildman–Crippen MR) is 94.2 cm³/mol. The van der Waals surface area contributed by atoms with Crippen LogP contribution in [0, 0.1) is 5.92 Å². The minimum absolute atomic E-state index is 0.0107. The quantitative estimate of drug-likeness (QED) is 0.871. The van der Waals surface area contributed by atoms with Crippen molar-refractivity contribution in [2.24, 2.45) is 13.0 Å². The Hall–Kier alpha value is -2.57. The molecule has 1 saturated heterocycles. The second-order valence-electron chi connectivity index (χ2n) is 6.42. The fourth-order valence-corrected chi connectivity index (χ4v) is 3.17. The Morgan fingerprint density at radius 2 is 2.32 bits per heavy atom. The number of urea groups is 1. The highest BCUT2D eigenvalue weighted by atomic mass is 16.5. The lowest BCUT2D eigenvalue weighted by atomic mass is 10.0. The Morgan fingerprint density at radius 3 is 3.08 bits per heavy atom. The minimum Gasteiger partial charge on any atom is -0.478 e. The molecule has 0 saturated carbocycles. The second kappa shape index (κ2) is 8.00. The third-order valence-electron chi connectivity index (χ3n) is 4.39. The number of hydrogen-bond acceptors (Lipinski definition) is 4. The van der Waals surface area contributed by atoms with Crippen molar-refractivity contribution in [2.45, 2.75) is 26.3 Å². The smallest absolute Gasteiger partial charge is 0.317 e. The molecule has 7 heteroatoms. The first-order valence-electron chi connectivity index (χ1n) is 8.72. The Kier molecular flexibility index (Phi) is 5.53. The number of nitrogens with zero attached hydrogens (tertiary/aromatic N) is 4. The van der Waals surface area contributed by atoms with Gasteiger partial charge in [-0.1, -0.05) is 0 Å². The molecule has 0 spiro atoms. The Balaban J connectivity index is 1.46. The Labute approximate surface area is 148 Å². The molecule has 0 bridgehead atoms.